The summed E-state index contributed by atoms with van der Waals surface area (Å²) in [6, 6.07) is -1.09. The molecule has 32 heavy (non-hydrogen) atoms. The molecule has 1 aliphatic carbocycles. The summed E-state index contributed by atoms with van der Waals surface area (Å²) in [5.41, 5.74) is 2.08. The second-order valence-corrected chi connectivity index (χ2v) is 9.39. The van der Waals surface area contributed by atoms with E-state index >= 15 is 0 Å². The van der Waals surface area contributed by atoms with E-state index in [4.69, 9.17) is 9.47 Å². The van der Waals surface area contributed by atoms with Crippen LogP contribution in [0.25, 0.3) is 0 Å². The predicted octanol–water partition coefficient (Wildman–Crippen LogP) is 3.76. The Bertz CT molecular complexity index is 849. The van der Waals surface area contributed by atoms with Crippen molar-refractivity contribution in [2.45, 2.75) is 45.6 Å². The van der Waals surface area contributed by atoms with Crippen LogP contribution in [0.2, 0.25) is 0 Å². The van der Waals surface area contributed by atoms with Crippen LogP contribution in [0, 0.1) is 5.92 Å². The summed E-state index contributed by atoms with van der Waals surface area (Å²) in [5.74, 6) is -0.765. The highest BCUT2D eigenvalue weighted by Gasteiger charge is 2.44. The molecule has 2 atom stereocenters. The fourth-order valence-electron chi connectivity index (χ4n) is 3.22. The zero-order chi connectivity index (χ0) is 24.3. The topological polar surface area (TPSA) is 110 Å². The molecule has 1 aliphatic rings. The molecule has 10 heteroatoms. The molecule has 9 nitrogen and oxygen atoms in total. The lowest BCUT2D eigenvalue weighted by molar-refractivity contribution is -0.113. The number of allylic oxidation sites excluding steroid dienone is 3. The van der Waals surface area contributed by atoms with Crippen molar-refractivity contribution in [1.29, 1.82) is 0 Å². The van der Waals surface area contributed by atoms with Crippen molar-refractivity contribution < 1.29 is 32.3 Å². The number of hydrogen-bond acceptors (Lipinski definition) is 7. The number of hydrogen-bond donors (Lipinski definition) is 0. The van der Waals surface area contributed by atoms with E-state index in [0.717, 1.165) is 23.8 Å². The van der Waals surface area contributed by atoms with Gasteiger partial charge in [0.2, 0.25) is 10.0 Å². The van der Waals surface area contributed by atoms with Crippen LogP contribution >= 0.6 is 0 Å². The van der Waals surface area contributed by atoms with E-state index in [1.165, 1.54) is 12.2 Å². The van der Waals surface area contributed by atoms with E-state index in [-0.39, 0.29) is 18.2 Å². The van der Waals surface area contributed by atoms with Crippen molar-refractivity contribution in [3.8, 4) is 0 Å². The second-order valence-electron chi connectivity index (χ2n) is 7.55. The molecular weight excluding hydrogens is 436 g/mol. The molecule has 1 rings (SSSR count). The summed E-state index contributed by atoms with van der Waals surface area (Å²) in [6.07, 6.45) is 7.57. The first kappa shape index (κ1) is 27.3. The summed E-state index contributed by atoms with van der Waals surface area (Å²) in [5, 5.41) is 0.277. The number of ether oxygens (including phenoxy) is 2. The van der Waals surface area contributed by atoms with Crippen LogP contribution in [0.4, 0.5) is 9.59 Å². The quantitative estimate of drug-likeness (QED) is 0.258. The van der Waals surface area contributed by atoms with Gasteiger partial charge in [-0.15, -0.1) is 5.01 Å². The zero-order valence-electron chi connectivity index (χ0n) is 18.9. The maximum Gasteiger partial charge on any atom is 0.435 e. The molecule has 0 aromatic rings. The Kier molecular flexibility index (Phi) is 11.1. The van der Waals surface area contributed by atoms with Crippen LogP contribution in [-0.4, -0.2) is 61.8 Å². The Morgan fingerprint density at radius 2 is 1.72 bits per heavy atom. The maximum absolute atomic E-state index is 12.8. The second kappa shape index (κ2) is 13.0. The zero-order valence-corrected chi connectivity index (χ0v) is 19.7. The molecule has 0 aromatic carbocycles. The third-order valence-electron chi connectivity index (χ3n) is 4.62. The summed E-state index contributed by atoms with van der Waals surface area (Å²) in [7, 11) is -4.21. The number of amides is 2. The van der Waals surface area contributed by atoms with Crippen molar-refractivity contribution in [2.24, 2.45) is 5.92 Å². The van der Waals surface area contributed by atoms with Gasteiger partial charge in [0, 0.05) is 5.92 Å². The number of aldehydes is 1. The maximum atomic E-state index is 12.8. The molecule has 178 valence electrons. The lowest BCUT2D eigenvalue weighted by Gasteiger charge is -2.38. The van der Waals surface area contributed by atoms with E-state index < -0.39 is 34.2 Å². The molecule has 0 spiro atoms. The molecule has 0 unspecified atom stereocenters. The fraction of sp³-hybridized carbons (Fsp3) is 0.500. The first-order valence-corrected chi connectivity index (χ1v) is 12.0. The predicted molar refractivity (Wildman–Crippen MR) is 121 cm³/mol. The average Bonchev–Trinajstić information content (AvgIpc) is 2.72. The number of imide groups is 1. The number of carbonyl (C=O) groups is 3. The first-order valence-electron chi connectivity index (χ1n) is 10.2. The monoisotopic (exact) mass is 468 g/mol. The van der Waals surface area contributed by atoms with Crippen molar-refractivity contribution in [3.63, 3.8) is 0 Å². The van der Waals surface area contributed by atoms with E-state index in [1.54, 1.807) is 6.08 Å². The van der Waals surface area contributed by atoms with Gasteiger partial charge in [-0.05, 0) is 39.5 Å². The number of hydrazine groups is 1. The minimum absolute atomic E-state index is 0.257. The van der Waals surface area contributed by atoms with Gasteiger partial charge in [-0.2, -0.15) is 0 Å². The van der Waals surface area contributed by atoms with Crippen LogP contribution in [0.3, 0.4) is 0 Å². The summed E-state index contributed by atoms with van der Waals surface area (Å²) in [4.78, 5) is 37.1. The highest BCUT2D eigenvalue weighted by Crippen LogP contribution is 2.31. The summed E-state index contributed by atoms with van der Waals surface area (Å²) in [6.45, 7) is 10.3. The minimum Gasteiger partial charge on any atom is -0.444 e. The third-order valence-corrected chi connectivity index (χ3v) is 5.71. The van der Waals surface area contributed by atoms with Crippen LogP contribution < -0.4 is 0 Å². The van der Waals surface area contributed by atoms with Gasteiger partial charge in [0.05, 0.1) is 12.3 Å². The molecule has 0 fully saturated rings. The van der Waals surface area contributed by atoms with Gasteiger partial charge >= 0.3 is 12.2 Å². The number of carbonyl (C=O) groups excluding carboxylic acids is 3. The molecule has 2 amide bonds. The van der Waals surface area contributed by atoms with Crippen molar-refractivity contribution in [3.05, 3.63) is 48.6 Å². The van der Waals surface area contributed by atoms with Gasteiger partial charge in [0.25, 0.3) is 0 Å². The largest absolute Gasteiger partial charge is 0.444 e. The van der Waals surface area contributed by atoms with E-state index in [2.05, 4.69) is 19.2 Å². The Hall–Kier alpha value is -2.72. The highest BCUT2D eigenvalue weighted by atomic mass is 32.2. The van der Waals surface area contributed by atoms with Gasteiger partial charge in [0.15, 0.2) is 0 Å². The van der Waals surface area contributed by atoms with E-state index in [1.807, 2.05) is 13.8 Å². The molecular formula is C22H32N2O7S. The van der Waals surface area contributed by atoms with Gasteiger partial charge in [0.1, 0.15) is 19.5 Å². The van der Waals surface area contributed by atoms with E-state index in [9.17, 15) is 22.8 Å². The minimum atomic E-state index is -4.21. The number of sulfonamides is 1. The van der Waals surface area contributed by atoms with Crippen molar-refractivity contribution in [2.75, 3.05) is 19.5 Å². The fourth-order valence-corrected chi connectivity index (χ4v) is 4.31. The Morgan fingerprint density at radius 3 is 2.16 bits per heavy atom. The molecule has 0 aromatic heterocycles. The number of rotatable bonds is 11. The van der Waals surface area contributed by atoms with Gasteiger partial charge < -0.3 is 14.3 Å². The molecule has 0 N–H and O–H groups in total. The Labute approximate surface area is 190 Å². The standard InChI is InChI=1S/C22H32N2O7S/c1-6-13-30-21(26)23(22(27)31-14-7-2)24(32(5,28)29)20-15-18(10-8-9-17(3)4)11-12-19(20)16-25/h6-7,9,15-16,19-20H,1-2,8,10-14H2,3-5H3/t19-,20-/m0/s1. The lowest BCUT2D eigenvalue weighted by Crippen LogP contribution is -2.59. The van der Waals surface area contributed by atoms with Gasteiger partial charge in [-0.3, -0.25) is 0 Å². The molecule has 0 bridgehead atoms. The molecule has 0 saturated carbocycles. The van der Waals surface area contributed by atoms with Crippen LogP contribution in [0.5, 0.6) is 0 Å². The van der Waals surface area contributed by atoms with Crippen LogP contribution in [0.1, 0.15) is 39.5 Å². The molecule has 0 saturated heterocycles. The molecule has 0 aliphatic heterocycles. The smallest absolute Gasteiger partial charge is 0.435 e. The Balaban J connectivity index is 3.47. The van der Waals surface area contributed by atoms with Crippen LogP contribution in [0.15, 0.2) is 48.6 Å². The van der Waals surface area contributed by atoms with Crippen molar-refractivity contribution >= 4 is 28.5 Å². The normalized spacial score (nSPS) is 18.2. The highest BCUT2D eigenvalue weighted by molar-refractivity contribution is 7.88. The SMILES string of the molecule is C=CCOC(=O)N(C(=O)OCC=C)N([C@H]1C=C(CCC=C(C)C)CC[C@H]1C=O)S(C)(=O)=O. The van der Waals surface area contributed by atoms with Gasteiger partial charge in [-0.25, -0.2) is 18.0 Å². The molecule has 0 heterocycles. The molecule has 0 radical (unpaired) electrons. The van der Waals surface area contributed by atoms with Crippen molar-refractivity contribution in [1.82, 2.24) is 9.42 Å². The number of nitrogens with zero attached hydrogens (tertiary/aromatic N) is 2. The van der Waals surface area contributed by atoms with E-state index in [0.29, 0.717) is 30.0 Å². The lowest BCUT2D eigenvalue weighted by atomic mass is 9.85. The van der Waals surface area contributed by atoms with Gasteiger partial charge in [-0.1, -0.05) is 53.0 Å². The first-order chi connectivity index (χ1) is 15.1. The summed E-state index contributed by atoms with van der Waals surface area (Å²) >= 11 is 0. The van der Waals surface area contributed by atoms with Crippen LogP contribution in [-0.2, 0) is 24.3 Å². The average molecular weight is 469 g/mol. The summed E-state index contributed by atoms with van der Waals surface area (Å²) < 4.78 is 36.0. The Morgan fingerprint density at radius 1 is 1.16 bits per heavy atom. The third kappa shape index (κ3) is 8.08.